The summed E-state index contributed by atoms with van der Waals surface area (Å²) in [6.07, 6.45) is 1.25. The van der Waals surface area contributed by atoms with Crippen LogP contribution in [-0.2, 0) is 9.84 Å². The average molecular weight is 403 g/mol. The topological polar surface area (TPSA) is 34.1 Å². The molecule has 136 valence electrons. The van der Waals surface area contributed by atoms with Crippen molar-refractivity contribution in [2.75, 3.05) is 17.8 Å². The normalized spacial score (nSPS) is 21.0. The van der Waals surface area contributed by atoms with E-state index >= 15 is 0 Å². The maximum absolute atomic E-state index is 11.8. The van der Waals surface area contributed by atoms with Crippen molar-refractivity contribution in [2.24, 2.45) is 5.41 Å². The minimum atomic E-state index is -3.17. The molecule has 4 rings (SSSR count). The standard InChI is InChI=1S/C21H22O2S3/c1-20(2)18(16-9-11-17(12-10-16)26(3,22)23)19(15-7-5-4-6-8-15)21(20)24-13-14-25-21/h4-12H,13-14H2,1-3H3. The van der Waals surface area contributed by atoms with Gasteiger partial charge in [-0.1, -0.05) is 56.3 Å². The van der Waals surface area contributed by atoms with E-state index in [9.17, 15) is 8.42 Å². The summed E-state index contributed by atoms with van der Waals surface area (Å²) in [7, 11) is -3.17. The Morgan fingerprint density at radius 1 is 0.808 bits per heavy atom. The Labute approximate surface area is 164 Å². The molecule has 2 aromatic carbocycles. The zero-order valence-electron chi connectivity index (χ0n) is 15.2. The molecule has 0 bridgehead atoms. The highest BCUT2D eigenvalue weighted by Crippen LogP contribution is 2.74. The Balaban J connectivity index is 1.91. The van der Waals surface area contributed by atoms with Gasteiger partial charge >= 0.3 is 0 Å². The third-order valence-corrected chi connectivity index (χ3v) is 10.5. The molecule has 1 aliphatic carbocycles. The van der Waals surface area contributed by atoms with Gasteiger partial charge in [0, 0.05) is 23.2 Å². The lowest BCUT2D eigenvalue weighted by molar-refractivity contribution is 0.470. The van der Waals surface area contributed by atoms with E-state index in [0.29, 0.717) is 4.90 Å². The van der Waals surface area contributed by atoms with Crippen LogP contribution in [0.25, 0.3) is 11.1 Å². The van der Waals surface area contributed by atoms with E-state index in [4.69, 9.17) is 0 Å². The predicted molar refractivity (Wildman–Crippen MR) is 114 cm³/mol. The van der Waals surface area contributed by atoms with E-state index in [1.165, 1.54) is 34.5 Å². The highest BCUT2D eigenvalue weighted by Gasteiger charge is 2.62. The van der Waals surface area contributed by atoms with Gasteiger partial charge in [-0.25, -0.2) is 8.42 Å². The van der Waals surface area contributed by atoms with E-state index in [-0.39, 0.29) is 9.49 Å². The molecule has 5 heteroatoms. The lowest BCUT2D eigenvalue weighted by Crippen LogP contribution is -2.48. The SMILES string of the molecule is CC1(C)C(c2ccc(S(C)(=O)=O)cc2)=C(c2ccccc2)C12SCCS2. The molecular formula is C21H22O2S3. The van der Waals surface area contributed by atoms with Crippen LogP contribution in [0.15, 0.2) is 59.5 Å². The third-order valence-electron chi connectivity index (χ3n) is 5.35. The maximum Gasteiger partial charge on any atom is 0.175 e. The fourth-order valence-corrected chi connectivity index (χ4v) is 8.48. The molecule has 2 nitrogen and oxygen atoms in total. The van der Waals surface area contributed by atoms with Crippen LogP contribution in [0.2, 0.25) is 0 Å². The molecule has 0 amide bonds. The summed E-state index contributed by atoms with van der Waals surface area (Å²) in [4.78, 5) is 0.375. The smallest absolute Gasteiger partial charge is 0.175 e. The number of allylic oxidation sites excluding steroid dienone is 1. The second-order valence-corrected chi connectivity index (χ2v) is 12.2. The van der Waals surface area contributed by atoms with Crippen LogP contribution < -0.4 is 0 Å². The first kappa shape index (κ1) is 18.2. The first-order valence-corrected chi connectivity index (χ1v) is 12.5. The Hall–Kier alpha value is -1.17. The van der Waals surface area contributed by atoms with Crippen LogP contribution >= 0.6 is 23.5 Å². The number of rotatable bonds is 3. The fraction of sp³-hybridized carbons (Fsp3) is 0.333. The van der Waals surface area contributed by atoms with Crippen LogP contribution in [0.1, 0.15) is 25.0 Å². The van der Waals surface area contributed by atoms with E-state index in [0.717, 1.165) is 5.56 Å². The van der Waals surface area contributed by atoms with E-state index in [1.807, 2.05) is 12.1 Å². The molecule has 0 atom stereocenters. The quantitative estimate of drug-likeness (QED) is 0.705. The lowest BCUT2D eigenvalue weighted by atomic mass is 9.61. The molecule has 1 heterocycles. The molecule has 0 N–H and O–H groups in total. The molecule has 2 aromatic rings. The minimum Gasteiger partial charge on any atom is -0.224 e. The summed E-state index contributed by atoms with van der Waals surface area (Å²) in [5.41, 5.74) is 5.17. The van der Waals surface area contributed by atoms with Gasteiger partial charge in [-0.05, 0) is 34.4 Å². The summed E-state index contributed by atoms with van der Waals surface area (Å²) in [6.45, 7) is 4.65. The lowest BCUT2D eigenvalue weighted by Gasteiger charge is -2.56. The Morgan fingerprint density at radius 2 is 1.35 bits per heavy atom. The van der Waals surface area contributed by atoms with Crippen LogP contribution in [0.4, 0.5) is 0 Å². The van der Waals surface area contributed by atoms with E-state index in [2.05, 4.69) is 67.7 Å². The van der Waals surface area contributed by atoms with Gasteiger partial charge < -0.3 is 0 Å². The summed E-state index contributed by atoms with van der Waals surface area (Å²) < 4.78 is 23.7. The number of sulfone groups is 1. The minimum absolute atomic E-state index is 0.0244. The average Bonchev–Trinajstić information content (AvgIpc) is 3.12. The van der Waals surface area contributed by atoms with Gasteiger partial charge in [-0.15, -0.1) is 23.5 Å². The first-order valence-electron chi connectivity index (χ1n) is 8.66. The summed E-state index contributed by atoms with van der Waals surface area (Å²) in [6, 6.07) is 18.0. The largest absolute Gasteiger partial charge is 0.224 e. The molecule has 1 spiro atoms. The number of thioether (sulfide) groups is 2. The van der Waals surface area contributed by atoms with Crippen molar-refractivity contribution in [3.63, 3.8) is 0 Å². The van der Waals surface area contributed by atoms with Crippen molar-refractivity contribution >= 4 is 44.5 Å². The highest BCUT2D eigenvalue weighted by molar-refractivity contribution is 8.22. The molecule has 1 aliphatic heterocycles. The molecule has 0 saturated carbocycles. The van der Waals surface area contributed by atoms with Crippen LogP contribution in [0.3, 0.4) is 0 Å². The summed E-state index contributed by atoms with van der Waals surface area (Å²) in [5, 5.41) is 0. The molecule has 26 heavy (non-hydrogen) atoms. The fourth-order valence-electron chi connectivity index (χ4n) is 4.12. The molecule has 1 fully saturated rings. The van der Waals surface area contributed by atoms with Crippen molar-refractivity contribution in [3.05, 3.63) is 65.7 Å². The molecule has 1 saturated heterocycles. The van der Waals surface area contributed by atoms with Crippen molar-refractivity contribution in [2.45, 2.75) is 22.8 Å². The van der Waals surface area contributed by atoms with Crippen molar-refractivity contribution in [3.8, 4) is 0 Å². The predicted octanol–water partition coefficient (Wildman–Crippen LogP) is 5.22. The molecule has 0 radical (unpaired) electrons. The van der Waals surface area contributed by atoms with Crippen molar-refractivity contribution in [1.29, 1.82) is 0 Å². The first-order chi connectivity index (χ1) is 12.3. The van der Waals surface area contributed by atoms with E-state index < -0.39 is 9.84 Å². The molecule has 0 unspecified atom stereocenters. The molecular weight excluding hydrogens is 380 g/mol. The monoisotopic (exact) mass is 402 g/mol. The zero-order chi connectivity index (χ0) is 18.6. The number of benzene rings is 2. The Morgan fingerprint density at radius 3 is 1.88 bits per heavy atom. The Kier molecular flexibility index (Phi) is 4.33. The third kappa shape index (κ3) is 2.59. The van der Waals surface area contributed by atoms with Gasteiger partial charge in [-0.2, -0.15) is 0 Å². The van der Waals surface area contributed by atoms with Gasteiger partial charge in [0.15, 0.2) is 9.84 Å². The second kappa shape index (κ2) is 6.18. The zero-order valence-corrected chi connectivity index (χ0v) is 17.6. The van der Waals surface area contributed by atoms with Gasteiger partial charge in [-0.3, -0.25) is 0 Å². The van der Waals surface area contributed by atoms with Crippen molar-refractivity contribution < 1.29 is 8.42 Å². The molecule has 2 aliphatic rings. The van der Waals surface area contributed by atoms with Crippen LogP contribution in [0.5, 0.6) is 0 Å². The van der Waals surface area contributed by atoms with Gasteiger partial charge in [0.25, 0.3) is 0 Å². The van der Waals surface area contributed by atoms with Gasteiger partial charge in [0.2, 0.25) is 0 Å². The van der Waals surface area contributed by atoms with Crippen LogP contribution in [-0.4, -0.2) is 30.3 Å². The number of hydrogen-bond donors (Lipinski definition) is 0. The number of hydrogen-bond acceptors (Lipinski definition) is 4. The second-order valence-electron chi connectivity index (χ2n) is 7.35. The Bertz CT molecular complexity index is 966. The van der Waals surface area contributed by atoms with E-state index in [1.54, 1.807) is 12.1 Å². The summed E-state index contributed by atoms with van der Waals surface area (Å²) in [5.74, 6) is 2.34. The summed E-state index contributed by atoms with van der Waals surface area (Å²) >= 11 is 4.11. The van der Waals surface area contributed by atoms with Crippen LogP contribution in [0, 0.1) is 5.41 Å². The highest BCUT2D eigenvalue weighted by atomic mass is 32.2. The van der Waals surface area contributed by atoms with Gasteiger partial charge in [0.1, 0.15) is 0 Å². The van der Waals surface area contributed by atoms with Gasteiger partial charge in [0.05, 0.1) is 8.97 Å². The maximum atomic E-state index is 11.8. The molecule has 0 aromatic heterocycles. The van der Waals surface area contributed by atoms with Crippen molar-refractivity contribution in [1.82, 2.24) is 0 Å².